The van der Waals surface area contributed by atoms with E-state index in [1.165, 1.54) is 4.57 Å². The highest BCUT2D eigenvalue weighted by atomic mass is 16.1. The van der Waals surface area contributed by atoms with Crippen molar-refractivity contribution in [2.75, 3.05) is 0 Å². The normalized spacial score (nSPS) is 10.3. The first-order chi connectivity index (χ1) is 10.3. The zero-order valence-corrected chi connectivity index (χ0v) is 11.0. The van der Waals surface area contributed by atoms with E-state index in [9.17, 15) is 4.79 Å². The molecular weight excluding hydrogens is 266 g/mol. The predicted molar refractivity (Wildman–Crippen MR) is 80.6 cm³/mol. The van der Waals surface area contributed by atoms with Crippen LogP contribution in [-0.4, -0.2) is 9.55 Å². The van der Waals surface area contributed by atoms with Crippen molar-refractivity contribution in [1.82, 2.24) is 9.55 Å². The van der Waals surface area contributed by atoms with Crippen molar-refractivity contribution in [3.8, 4) is 11.4 Å². The average molecular weight is 277 g/mol. The molecular formula is C15H11N5O. The number of hydrogen-bond acceptors (Lipinski definition) is 3. The van der Waals surface area contributed by atoms with Gasteiger partial charge in [0.15, 0.2) is 0 Å². The van der Waals surface area contributed by atoms with Gasteiger partial charge in [-0.3, -0.25) is 9.36 Å². The number of para-hydroxylation sites is 1. The Morgan fingerprint density at radius 1 is 1.10 bits per heavy atom. The van der Waals surface area contributed by atoms with Crippen LogP contribution < -0.4 is 5.56 Å². The molecule has 0 bridgehead atoms. The number of aromatic nitrogens is 2. The average Bonchev–Trinajstić information content (AvgIpc) is 2.55. The zero-order chi connectivity index (χ0) is 14.7. The summed E-state index contributed by atoms with van der Waals surface area (Å²) in [6, 6.07) is 16.5. The van der Waals surface area contributed by atoms with Gasteiger partial charge in [0, 0.05) is 10.5 Å². The molecule has 0 atom stereocenters. The Kier molecular flexibility index (Phi) is 3.37. The van der Waals surface area contributed by atoms with E-state index in [-0.39, 0.29) is 12.2 Å². The summed E-state index contributed by atoms with van der Waals surface area (Å²) >= 11 is 0. The minimum Gasteiger partial charge on any atom is -0.286 e. The molecule has 102 valence electrons. The molecule has 6 nitrogen and oxygen atoms in total. The zero-order valence-electron chi connectivity index (χ0n) is 11.0. The molecule has 0 fully saturated rings. The fraction of sp³-hybridized carbons (Fsp3) is 0.0667. The van der Waals surface area contributed by atoms with Crippen molar-refractivity contribution in [2.45, 2.75) is 6.67 Å². The summed E-state index contributed by atoms with van der Waals surface area (Å²) in [5.41, 5.74) is 9.72. The van der Waals surface area contributed by atoms with Crippen molar-refractivity contribution >= 4 is 10.9 Å². The molecule has 1 aromatic heterocycles. The van der Waals surface area contributed by atoms with E-state index < -0.39 is 0 Å². The van der Waals surface area contributed by atoms with E-state index in [1.54, 1.807) is 18.2 Å². The Balaban J connectivity index is 2.36. The summed E-state index contributed by atoms with van der Waals surface area (Å²) in [7, 11) is 0. The van der Waals surface area contributed by atoms with Crippen LogP contribution in [0.5, 0.6) is 0 Å². The first kappa shape index (κ1) is 12.9. The van der Waals surface area contributed by atoms with Gasteiger partial charge in [0.05, 0.1) is 10.9 Å². The number of rotatable bonds is 3. The fourth-order valence-electron chi connectivity index (χ4n) is 2.20. The highest BCUT2D eigenvalue weighted by molar-refractivity contribution is 5.79. The topological polar surface area (TPSA) is 83.7 Å². The van der Waals surface area contributed by atoms with Crippen LogP contribution in [-0.2, 0) is 6.67 Å². The first-order valence-electron chi connectivity index (χ1n) is 6.37. The summed E-state index contributed by atoms with van der Waals surface area (Å²) in [5, 5.41) is 4.00. The standard InChI is InChI=1S/C15H11N5O/c16-19-17-10-20-14(11-6-2-1-3-7-11)18-13-9-5-4-8-12(13)15(20)21/h1-9H,10H2. The molecule has 0 spiro atoms. The van der Waals surface area contributed by atoms with Gasteiger partial charge in [0.1, 0.15) is 12.5 Å². The largest absolute Gasteiger partial charge is 0.286 e. The maximum atomic E-state index is 12.6. The van der Waals surface area contributed by atoms with Crippen LogP contribution in [0.25, 0.3) is 32.7 Å². The van der Waals surface area contributed by atoms with Gasteiger partial charge >= 0.3 is 0 Å². The number of nitrogens with zero attached hydrogens (tertiary/aromatic N) is 5. The van der Waals surface area contributed by atoms with Crippen molar-refractivity contribution in [1.29, 1.82) is 0 Å². The maximum Gasteiger partial charge on any atom is 0.261 e. The Hall–Kier alpha value is -3.11. The van der Waals surface area contributed by atoms with E-state index in [2.05, 4.69) is 15.0 Å². The van der Waals surface area contributed by atoms with Crippen LogP contribution in [0.2, 0.25) is 0 Å². The van der Waals surface area contributed by atoms with E-state index in [0.717, 1.165) is 5.56 Å². The second-order valence-corrected chi connectivity index (χ2v) is 4.42. The molecule has 0 saturated carbocycles. The van der Waals surface area contributed by atoms with Crippen LogP contribution in [0, 0.1) is 0 Å². The SMILES string of the molecule is [N-]=[N+]=NCn1c(-c2ccccc2)nc2ccccc2c1=O. The molecule has 0 aliphatic carbocycles. The maximum absolute atomic E-state index is 12.6. The van der Waals surface area contributed by atoms with E-state index in [1.807, 2.05) is 36.4 Å². The molecule has 0 amide bonds. The van der Waals surface area contributed by atoms with Crippen LogP contribution in [0.15, 0.2) is 64.5 Å². The molecule has 0 unspecified atom stereocenters. The first-order valence-corrected chi connectivity index (χ1v) is 6.37. The highest BCUT2D eigenvalue weighted by Gasteiger charge is 2.11. The van der Waals surface area contributed by atoms with Crippen molar-refractivity contribution < 1.29 is 0 Å². The Morgan fingerprint density at radius 2 is 1.81 bits per heavy atom. The van der Waals surface area contributed by atoms with Gasteiger partial charge in [0.2, 0.25) is 0 Å². The predicted octanol–water partition coefficient (Wildman–Crippen LogP) is 3.33. The second-order valence-electron chi connectivity index (χ2n) is 4.42. The molecule has 1 heterocycles. The van der Waals surface area contributed by atoms with Gasteiger partial charge in [-0.1, -0.05) is 47.6 Å². The third-order valence-corrected chi connectivity index (χ3v) is 3.16. The number of azide groups is 1. The van der Waals surface area contributed by atoms with Gasteiger partial charge in [0.25, 0.3) is 5.56 Å². The Labute approximate surface area is 119 Å². The van der Waals surface area contributed by atoms with Gasteiger partial charge in [-0.05, 0) is 17.7 Å². The van der Waals surface area contributed by atoms with E-state index >= 15 is 0 Å². The molecule has 21 heavy (non-hydrogen) atoms. The van der Waals surface area contributed by atoms with Gasteiger partial charge in [-0.15, -0.1) is 0 Å². The summed E-state index contributed by atoms with van der Waals surface area (Å²) in [4.78, 5) is 19.8. The third kappa shape index (κ3) is 2.35. The number of benzene rings is 2. The molecule has 0 aliphatic heterocycles. The summed E-state index contributed by atoms with van der Waals surface area (Å²) in [5.74, 6) is 0.492. The quantitative estimate of drug-likeness (QED) is 0.418. The summed E-state index contributed by atoms with van der Waals surface area (Å²) in [6.07, 6.45) is 0. The lowest BCUT2D eigenvalue weighted by Crippen LogP contribution is -2.22. The molecule has 3 rings (SSSR count). The van der Waals surface area contributed by atoms with Gasteiger partial charge in [-0.25, -0.2) is 4.98 Å². The lowest BCUT2D eigenvalue weighted by atomic mass is 10.2. The Morgan fingerprint density at radius 3 is 2.57 bits per heavy atom. The molecule has 2 aromatic carbocycles. The molecule has 0 saturated heterocycles. The monoisotopic (exact) mass is 277 g/mol. The lowest BCUT2D eigenvalue weighted by molar-refractivity contribution is 0.697. The summed E-state index contributed by atoms with van der Waals surface area (Å²) < 4.78 is 1.39. The highest BCUT2D eigenvalue weighted by Crippen LogP contribution is 2.18. The minimum absolute atomic E-state index is 0.0859. The van der Waals surface area contributed by atoms with Crippen LogP contribution >= 0.6 is 0 Å². The Bertz CT molecular complexity index is 895. The van der Waals surface area contributed by atoms with Crippen molar-refractivity contribution in [2.24, 2.45) is 5.11 Å². The smallest absolute Gasteiger partial charge is 0.261 e. The second kappa shape index (κ2) is 5.48. The molecule has 3 aromatic rings. The molecule has 6 heteroatoms. The van der Waals surface area contributed by atoms with Crippen LogP contribution in [0.4, 0.5) is 0 Å². The van der Waals surface area contributed by atoms with E-state index in [0.29, 0.717) is 16.7 Å². The number of fused-ring (bicyclic) bond motifs is 1. The van der Waals surface area contributed by atoms with Crippen molar-refractivity contribution in [3.63, 3.8) is 0 Å². The fourth-order valence-corrected chi connectivity index (χ4v) is 2.20. The molecule has 0 aliphatic rings. The van der Waals surface area contributed by atoms with E-state index in [4.69, 9.17) is 5.53 Å². The minimum atomic E-state index is -0.216. The lowest BCUT2D eigenvalue weighted by Gasteiger charge is -2.11. The van der Waals surface area contributed by atoms with Gasteiger partial charge < -0.3 is 0 Å². The number of hydrogen-bond donors (Lipinski definition) is 0. The third-order valence-electron chi connectivity index (χ3n) is 3.16. The molecule has 0 radical (unpaired) electrons. The van der Waals surface area contributed by atoms with Crippen LogP contribution in [0.1, 0.15) is 0 Å². The van der Waals surface area contributed by atoms with Gasteiger partial charge in [-0.2, -0.15) is 0 Å². The van der Waals surface area contributed by atoms with Crippen LogP contribution in [0.3, 0.4) is 0 Å². The van der Waals surface area contributed by atoms with Crippen molar-refractivity contribution in [3.05, 3.63) is 75.4 Å². The summed E-state index contributed by atoms with van der Waals surface area (Å²) in [6.45, 7) is -0.0859. The molecule has 0 N–H and O–H groups in total.